The summed E-state index contributed by atoms with van der Waals surface area (Å²) in [4.78, 5) is 48.0. The first-order chi connectivity index (χ1) is 17.3. The number of benzene rings is 3. The minimum atomic E-state index is -1.25. The zero-order valence-corrected chi connectivity index (χ0v) is 18.8. The Bertz CT molecular complexity index is 1460. The summed E-state index contributed by atoms with van der Waals surface area (Å²) in [5.41, 5.74) is 1.00. The molecule has 0 bridgehead atoms. The standard InChI is InChI=1S/C25H20FN3O7/c26-17-8-10-18(11-9-17)27-24(31)23(16-5-2-1-3-6-16)36-22(30)7-4-14-28-20-13-12-19(29(33)34)15-21(20)35-25(28)32/h1-3,5-6,8-13,15,23H,4,7,14H2,(H,27,31). The zero-order valence-electron chi connectivity index (χ0n) is 18.8. The lowest BCUT2D eigenvalue weighted by molar-refractivity contribution is -0.384. The molecule has 0 aliphatic heterocycles. The molecular weight excluding hydrogens is 473 g/mol. The van der Waals surface area contributed by atoms with E-state index in [9.17, 15) is 28.9 Å². The highest BCUT2D eigenvalue weighted by Crippen LogP contribution is 2.23. The normalized spacial score (nSPS) is 11.7. The fourth-order valence-corrected chi connectivity index (χ4v) is 3.59. The van der Waals surface area contributed by atoms with Crippen molar-refractivity contribution in [3.8, 4) is 0 Å². The van der Waals surface area contributed by atoms with Gasteiger partial charge in [-0.2, -0.15) is 0 Å². The highest BCUT2D eigenvalue weighted by molar-refractivity contribution is 5.96. The Morgan fingerprint density at radius 1 is 1.08 bits per heavy atom. The van der Waals surface area contributed by atoms with Crippen LogP contribution in [0.5, 0.6) is 0 Å². The number of nitro groups is 1. The van der Waals surface area contributed by atoms with Crippen LogP contribution in [0, 0.1) is 15.9 Å². The highest BCUT2D eigenvalue weighted by Gasteiger charge is 2.25. The number of fused-ring (bicyclic) bond motifs is 1. The van der Waals surface area contributed by atoms with Crippen LogP contribution in [0.3, 0.4) is 0 Å². The Balaban J connectivity index is 1.42. The number of hydrogen-bond donors (Lipinski definition) is 1. The van der Waals surface area contributed by atoms with E-state index in [0.29, 0.717) is 16.8 Å². The molecule has 0 fully saturated rings. The van der Waals surface area contributed by atoms with Crippen molar-refractivity contribution in [3.05, 3.63) is 105 Å². The van der Waals surface area contributed by atoms with Gasteiger partial charge in [-0.05, 0) is 36.8 Å². The number of carbonyl (C=O) groups excluding carboxylic acids is 2. The molecule has 11 heteroatoms. The van der Waals surface area contributed by atoms with E-state index in [2.05, 4.69) is 5.32 Å². The molecule has 184 valence electrons. The summed E-state index contributed by atoms with van der Waals surface area (Å²) in [6.07, 6.45) is -1.17. The number of halogens is 1. The predicted octanol–water partition coefficient (Wildman–Crippen LogP) is 4.35. The average molecular weight is 493 g/mol. The molecule has 0 saturated heterocycles. The van der Waals surface area contributed by atoms with Crippen LogP contribution in [0.15, 0.2) is 82.0 Å². The third-order valence-corrected chi connectivity index (χ3v) is 5.33. The van der Waals surface area contributed by atoms with Gasteiger partial charge in [0.15, 0.2) is 5.58 Å². The Morgan fingerprint density at radius 2 is 1.81 bits per heavy atom. The number of carbonyl (C=O) groups is 2. The van der Waals surface area contributed by atoms with Crippen molar-refractivity contribution in [1.29, 1.82) is 0 Å². The van der Waals surface area contributed by atoms with Gasteiger partial charge in [-0.1, -0.05) is 30.3 Å². The molecule has 1 heterocycles. The van der Waals surface area contributed by atoms with Crippen molar-refractivity contribution in [2.75, 3.05) is 5.32 Å². The molecule has 36 heavy (non-hydrogen) atoms. The van der Waals surface area contributed by atoms with Crippen LogP contribution in [-0.4, -0.2) is 21.4 Å². The molecule has 3 aromatic carbocycles. The summed E-state index contributed by atoms with van der Waals surface area (Å²) in [6.45, 7) is 0.0938. The number of amides is 1. The van der Waals surface area contributed by atoms with Crippen LogP contribution in [0.1, 0.15) is 24.5 Å². The Labute approximate surface area is 203 Å². The molecule has 0 saturated carbocycles. The van der Waals surface area contributed by atoms with Crippen molar-refractivity contribution in [2.45, 2.75) is 25.5 Å². The molecule has 10 nitrogen and oxygen atoms in total. The fourth-order valence-electron chi connectivity index (χ4n) is 3.59. The molecule has 1 unspecified atom stereocenters. The van der Waals surface area contributed by atoms with Crippen LogP contribution < -0.4 is 11.1 Å². The second-order valence-electron chi connectivity index (χ2n) is 7.81. The molecule has 0 aliphatic rings. The third-order valence-electron chi connectivity index (χ3n) is 5.33. The van der Waals surface area contributed by atoms with Gasteiger partial charge >= 0.3 is 11.7 Å². The molecule has 1 N–H and O–H groups in total. The summed E-state index contributed by atoms with van der Waals surface area (Å²) in [5.74, 6) is -2.45. The van der Waals surface area contributed by atoms with E-state index in [-0.39, 0.29) is 30.7 Å². The lowest BCUT2D eigenvalue weighted by Gasteiger charge is -2.18. The fraction of sp³-hybridized carbons (Fsp3) is 0.160. The maximum atomic E-state index is 13.2. The van der Waals surface area contributed by atoms with E-state index in [1.54, 1.807) is 30.3 Å². The largest absolute Gasteiger partial charge is 0.447 e. The van der Waals surface area contributed by atoms with Crippen LogP contribution in [0.2, 0.25) is 0 Å². The van der Waals surface area contributed by atoms with Crippen molar-refractivity contribution in [2.24, 2.45) is 0 Å². The number of nitrogens with one attached hydrogen (secondary N) is 1. The van der Waals surface area contributed by atoms with Gasteiger partial charge in [0.05, 0.1) is 16.5 Å². The number of non-ortho nitro benzene ring substituents is 1. The van der Waals surface area contributed by atoms with Crippen molar-refractivity contribution >= 4 is 34.4 Å². The number of aromatic nitrogens is 1. The first-order valence-corrected chi connectivity index (χ1v) is 10.9. The number of hydrogen-bond acceptors (Lipinski definition) is 7. The topological polar surface area (TPSA) is 134 Å². The Hall–Kier alpha value is -4.80. The van der Waals surface area contributed by atoms with Crippen LogP contribution in [0.4, 0.5) is 15.8 Å². The van der Waals surface area contributed by atoms with E-state index in [1.165, 1.54) is 41.0 Å². The number of rotatable bonds is 9. The van der Waals surface area contributed by atoms with Gasteiger partial charge in [0.25, 0.3) is 11.6 Å². The number of ether oxygens (including phenoxy) is 1. The van der Waals surface area contributed by atoms with Crippen LogP contribution in [0.25, 0.3) is 11.1 Å². The highest BCUT2D eigenvalue weighted by atomic mass is 19.1. The van der Waals surface area contributed by atoms with Gasteiger partial charge in [-0.3, -0.25) is 24.3 Å². The predicted molar refractivity (Wildman–Crippen MR) is 127 cm³/mol. The van der Waals surface area contributed by atoms with Gasteiger partial charge < -0.3 is 14.5 Å². The van der Waals surface area contributed by atoms with Crippen molar-refractivity contribution in [1.82, 2.24) is 4.57 Å². The molecule has 0 radical (unpaired) electrons. The minimum absolute atomic E-state index is 0.0679. The zero-order chi connectivity index (χ0) is 25.7. The number of nitro benzene ring substituents is 1. The quantitative estimate of drug-likeness (QED) is 0.208. The molecule has 0 aliphatic carbocycles. The number of oxazole rings is 1. The second kappa shape index (κ2) is 10.6. The van der Waals surface area contributed by atoms with Gasteiger partial charge in [0.1, 0.15) is 5.82 Å². The number of esters is 1. The Kier molecular flexibility index (Phi) is 7.19. The molecule has 4 rings (SSSR count). The van der Waals surface area contributed by atoms with E-state index in [0.717, 1.165) is 6.07 Å². The Morgan fingerprint density at radius 3 is 2.50 bits per heavy atom. The maximum absolute atomic E-state index is 13.2. The molecular formula is C25H20FN3O7. The first kappa shape index (κ1) is 24.3. The van der Waals surface area contributed by atoms with E-state index < -0.39 is 34.5 Å². The smallest absolute Gasteiger partial charge is 0.419 e. The summed E-state index contributed by atoms with van der Waals surface area (Å²) >= 11 is 0. The number of anilines is 1. The maximum Gasteiger partial charge on any atom is 0.419 e. The minimum Gasteiger partial charge on any atom is -0.447 e. The van der Waals surface area contributed by atoms with Crippen molar-refractivity contribution in [3.63, 3.8) is 0 Å². The van der Waals surface area contributed by atoms with Crippen molar-refractivity contribution < 1.29 is 28.1 Å². The molecule has 1 amide bonds. The van der Waals surface area contributed by atoms with E-state index >= 15 is 0 Å². The molecule has 1 atom stereocenters. The van der Waals surface area contributed by atoms with Gasteiger partial charge in [-0.15, -0.1) is 0 Å². The SMILES string of the molecule is O=C(CCCn1c(=O)oc2cc([N+](=O)[O-])ccc21)OC(C(=O)Nc1ccc(F)cc1)c1ccccc1. The van der Waals surface area contributed by atoms with E-state index in [4.69, 9.17) is 9.15 Å². The number of nitrogens with zero attached hydrogens (tertiary/aromatic N) is 2. The average Bonchev–Trinajstić information content (AvgIpc) is 3.18. The van der Waals surface area contributed by atoms with Gasteiger partial charge in [0, 0.05) is 30.3 Å². The monoisotopic (exact) mass is 493 g/mol. The third kappa shape index (κ3) is 5.63. The lowest BCUT2D eigenvalue weighted by Crippen LogP contribution is -2.26. The van der Waals surface area contributed by atoms with Gasteiger partial charge in [0.2, 0.25) is 6.10 Å². The summed E-state index contributed by atoms with van der Waals surface area (Å²) in [5, 5.41) is 13.5. The molecule has 1 aromatic heterocycles. The summed E-state index contributed by atoms with van der Waals surface area (Å²) < 4.78 is 25.0. The second-order valence-corrected chi connectivity index (χ2v) is 7.81. The summed E-state index contributed by atoms with van der Waals surface area (Å²) in [7, 11) is 0. The number of aryl methyl sites for hydroxylation is 1. The van der Waals surface area contributed by atoms with Crippen LogP contribution in [-0.2, 0) is 20.9 Å². The first-order valence-electron chi connectivity index (χ1n) is 10.9. The van der Waals surface area contributed by atoms with Crippen LogP contribution >= 0.6 is 0 Å². The molecule has 4 aromatic rings. The molecule has 0 spiro atoms. The summed E-state index contributed by atoms with van der Waals surface area (Å²) in [6, 6.07) is 17.4. The van der Waals surface area contributed by atoms with E-state index in [1.807, 2.05) is 0 Å². The van der Waals surface area contributed by atoms with Gasteiger partial charge in [-0.25, -0.2) is 9.18 Å². The lowest BCUT2D eigenvalue weighted by atomic mass is 10.1.